The summed E-state index contributed by atoms with van der Waals surface area (Å²) in [5.74, 6) is 0.461. The summed E-state index contributed by atoms with van der Waals surface area (Å²) in [6.07, 6.45) is 0. The number of hydrogen-bond donors (Lipinski definition) is 1. The van der Waals surface area contributed by atoms with E-state index in [4.69, 9.17) is 4.74 Å². The number of benzene rings is 1. The van der Waals surface area contributed by atoms with Crippen LogP contribution in [0.5, 0.6) is 0 Å². The normalized spacial score (nSPS) is 14.8. The number of rotatable bonds is 6. The molecule has 3 heteroatoms. The van der Waals surface area contributed by atoms with E-state index in [0.717, 1.165) is 12.1 Å². The van der Waals surface area contributed by atoms with E-state index in [1.54, 1.807) is 19.2 Å². The molecule has 2 nitrogen and oxygen atoms in total. The molecule has 0 fully saturated rings. The lowest BCUT2D eigenvalue weighted by molar-refractivity contribution is 0.146. The first kappa shape index (κ1) is 13.1. The van der Waals surface area contributed by atoms with Gasteiger partial charge in [0.25, 0.3) is 0 Å². The van der Waals surface area contributed by atoms with Gasteiger partial charge in [0.15, 0.2) is 0 Å². The third-order valence-electron chi connectivity index (χ3n) is 2.82. The molecule has 0 aliphatic carbocycles. The average molecular weight is 225 g/mol. The van der Waals surface area contributed by atoms with Gasteiger partial charge in [0, 0.05) is 26.2 Å². The largest absolute Gasteiger partial charge is 0.384 e. The molecule has 0 spiro atoms. The van der Waals surface area contributed by atoms with Crippen LogP contribution in [0.2, 0.25) is 0 Å². The summed E-state index contributed by atoms with van der Waals surface area (Å²) in [5, 5.41) is 3.15. The molecule has 1 rings (SSSR count). The maximum Gasteiger partial charge on any atom is 0.123 e. The van der Waals surface area contributed by atoms with Crippen LogP contribution in [0.4, 0.5) is 4.39 Å². The summed E-state index contributed by atoms with van der Waals surface area (Å²) in [6, 6.07) is 6.80. The Hall–Kier alpha value is -0.930. The molecule has 16 heavy (non-hydrogen) atoms. The van der Waals surface area contributed by atoms with Gasteiger partial charge in [0.2, 0.25) is 0 Å². The van der Waals surface area contributed by atoms with Crippen molar-refractivity contribution < 1.29 is 9.13 Å². The SMILES string of the molecule is CNCC(c1cccc(F)c1)C(C)COC. The van der Waals surface area contributed by atoms with Gasteiger partial charge in [0.1, 0.15) is 5.82 Å². The molecule has 0 saturated heterocycles. The van der Waals surface area contributed by atoms with Crippen LogP contribution in [0.25, 0.3) is 0 Å². The Morgan fingerprint density at radius 3 is 2.75 bits per heavy atom. The monoisotopic (exact) mass is 225 g/mol. The second kappa shape index (κ2) is 6.61. The zero-order chi connectivity index (χ0) is 12.0. The summed E-state index contributed by atoms with van der Waals surface area (Å²) in [7, 11) is 3.60. The fourth-order valence-corrected chi connectivity index (χ4v) is 1.98. The number of ether oxygens (including phenoxy) is 1. The third kappa shape index (κ3) is 3.58. The Morgan fingerprint density at radius 2 is 2.19 bits per heavy atom. The highest BCUT2D eigenvalue weighted by molar-refractivity contribution is 5.21. The molecule has 0 heterocycles. The maximum absolute atomic E-state index is 13.2. The molecule has 0 aliphatic heterocycles. The number of likely N-dealkylation sites (N-methyl/N-ethyl adjacent to an activating group) is 1. The molecule has 2 atom stereocenters. The molecule has 90 valence electrons. The second-order valence-corrected chi connectivity index (χ2v) is 4.15. The Kier molecular flexibility index (Phi) is 5.43. The highest BCUT2D eigenvalue weighted by Gasteiger charge is 2.18. The zero-order valence-corrected chi connectivity index (χ0v) is 10.2. The van der Waals surface area contributed by atoms with E-state index in [1.807, 2.05) is 13.1 Å². The van der Waals surface area contributed by atoms with Crippen LogP contribution in [-0.4, -0.2) is 27.3 Å². The fourth-order valence-electron chi connectivity index (χ4n) is 1.98. The third-order valence-corrected chi connectivity index (χ3v) is 2.82. The van der Waals surface area contributed by atoms with Gasteiger partial charge in [0.05, 0.1) is 0 Å². The quantitative estimate of drug-likeness (QED) is 0.802. The van der Waals surface area contributed by atoms with Crippen LogP contribution in [0.3, 0.4) is 0 Å². The Bertz CT molecular complexity index is 317. The van der Waals surface area contributed by atoms with E-state index in [2.05, 4.69) is 12.2 Å². The van der Waals surface area contributed by atoms with Gasteiger partial charge >= 0.3 is 0 Å². The molecule has 0 aromatic heterocycles. The van der Waals surface area contributed by atoms with Crippen molar-refractivity contribution in [1.82, 2.24) is 5.32 Å². The first-order valence-corrected chi connectivity index (χ1v) is 5.58. The highest BCUT2D eigenvalue weighted by atomic mass is 19.1. The predicted octanol–water partition coefficient (Wildman–Crippen LogP) is 2.41. The van der Waals surface area contributed by atoms with Crippen molar-refractivity contribution in [2.45, 2.75) is 12.8 Å². The average Bonchev–Trinajstić information content (AvgIpc) is 2.26. The molecule has 0 aliphatic rings. The summed E-state index contributed by atoms with van der Waals surface area (Å²) in [5.41, 5.74) is 1.03. The lowest BCUT2D eigenvalue weighted by Gasteiger charge is -2.23. The number of methoxy groups -OCH3 is 1. The van der Waals surface area contributed by atoms with Gasteiger partial charge in [-0.25, -0.2) is 4.39 Å². The Morgan fingerprint density at radius 1 is 1.44 bits per heavy atom. The standard InChI is InChI=1S/C13H20FNO/c1-10(9-16-3)13(8-15-2)11-5-4-6-12(14)7-11/h4-7,10,13,15H,8-9H2,1-3H3. The summed E-state index contributed by atoms with van der Waals surface area (Å²) >= 11 is 0. The molecule has 0 amide bonds. The molecule has 1 aromatic rings. The highest BCUT2D eigenvalue weighted by Crippen LogP contribution is 2.24. The lowest BCUT2D eigenvalue weighted by atomic mass is 9.87. The van der Waals surface area contributed by atoms with E-state index >= 15 is 0 Å². The van der Waals surface area contributed by atoms with E-state index in [-0.39, 0.29) is 11.7 Å². The van der Waals surface area contributed by atoms with Gasteiger partial charge in [-0.1, -0.05) is 19.1 Å². The Labute approximate surface area is 96.8 Å². The van der Waals surface area contributed by atoms with Crippen LogP contribution in [0, 0.1) is 11.7 Å². The van der Waals surface area contributed by atoms with Gasteiger partial charge in [-0.2, -0.15) is 0 Å². The summed E-state index contributed by atoms with van der Waals surface area (Å²) in [4.78, 5) is 0. The molecule has 0 bridgehead atoms. The topological polar surface area (TPSA) is 21.3 Å². The first-order chi connectivity index (χ1) is 7.69. The maximum atomic E-state index is 13.2. The van der Waals surface area contributed by atoms with Gasteiger partial charge in [-0.15, -0.1) is 0 Å². The van der Waals surface area contributed by atoms with Crippen LogP contribution in [0.1, 0.15) is 18.4 Å². The molecular weight excluding hydrogens is 205 g/mol. The van der Waals surface area contributed by atoms with Crippen LogP contribution in [0.15, 0.2) is 24.3 Å². The minimum absolute atomic E-state index is 0.178. The van der Waals surface area contributed by atoms with Crippen LogP contribution in [-0.2, 0) is 4.74 Å². The number of halogens is 1. The predicted molar refractivity (Wildman–Crippen MR) is 64.1 cm³/mol. The van der Waals surface area contributed by atoms with Gasteiger partial charge in [-0.05, 0) is 30.7 Å². The summed E-state index contributed by atoms with van der Waals surface area (Å²) in [6.45, 7) is 3.63. The van der Waals surface area contributed by atoms with Crippen molar-refractivity contribution in [3.05, 3.63) is 35.6 Å². The second-order valence-electron chi connectivity index (χ2n) is 4.15. The van der Waals surface area contributed by atoms with E-state index in [0.29, 0.717) is 12.5 Å². The van der Waals surface area contributed by atoms with E-state index < -0.39 is 0 Å². The van der Waals surface area contributed by atoms with Crippen molar-refractivity contribution in [2.24, 2.45) is 5.92 Å². The Balaban J connectivity index is 2.83. The van der Waals surface area contributed by atoms with E-state index in [1.165, 1.54) is 6.07 Å². The smallest absolute Gasteiger partial charge is 0.123 e. The molecule has 1 N–H and O–H groups in total. The van der Waals surface area contributed by atoms with Crippen molar-refractivity contribution in [2.75, 3.05) is 27.3 Å². The molecule has 1 aromatic carbocycles. The minimum atomic E-state index is -0.178. The fraction of sp³-hybridized carbons (Fsp3) is 0.538. The van der Waals surface area contributed by atoms with Crippen molar-refractivity contribution in [3.63, 3.8) is 0 Å². The number of nitrogens with one attached hydrogen (secondary N) is 1. The van der Waals surface area contributed by atoms with Crippen molar-refractivity contribution in [1.29, 1.82) is 0 Å². The lowest BCUT2D eigenvalue weighted by Crippen LogP contribution is -2.25. The molecule has 0 radical (unpaired) electrons. The molecule has 2 unspecified atom stereocenters. The van der Waals surface area contributed by atoms with Crippen molar-refractivity contribution in [3.8, 4) is 0 Å². The minimum Gasteiger partial charge on any atom is -0.384 e. The first-order valence-electron chi connectivity index (χ1n) is 5.58. The zero-order valence-electron chi connectivity index (χ0n) is 10.2. The molecule has 0 saturated carbocycles. The number of hydrogen-bond acceptors (Lipinski definition) is 2. The van der Waals surface area contributed by atoms with Gasteiger partial charge in [-0.3, -0.25) is 0 Å². The van der Waals surface area contributed by atoms with Crippen LogP contribution < -0.4 is 5.32 Å². The van der Waals surface area contributed by atoms with E-state index in [9.17, 15) is 4.39 Å². The molecular formula is C13H20FNO. The van der Waals surface area contributed by atoms with Crippen molar-refractivity contribution >= 4 is 0 Å². The van der Waals surface area contributed by atoms with Crippen LogP contribution >= 0.6 is 0 Å². The van der Waals surface area contributed by atoms with Gasteiger partial charge < -0.3 is 10.1 Å². The summed E-state index contributed by atoms with van der Waals surface area (Å²) < 4.78 is 18.3.